The molecule has 1 aromatic heterocycles. The highest BCUT2D eigenvalue weighted by atomic mass is 32.2. The molecule has 0 aliphatic carbocycles. The zero-order chi connectivity index (χ0) is 11.2. The van der Waals surface area contributed by atoms with E-state index in [-0.39, 0.29) is 5.56 Å². The fraction of sp³-hybridized carbons (Fsp3) is 0.444. The van der Waals surface area contributed by atoms with E-state index in [1.165, 1.54) is 13.0 Å². The number of aryl methyl sites for hydroxylation is 1. The van der Waals surface area contributed by atoms with Crippen molar-refractivity contribution in [3.63, 3.8) is 0 Å². The summed E-state index contributed by atoms with van der Waals surface area (Å²) in [6.45, 7) is 1.22. The molecule has 2 rings (SSSR count). The summed E-state index contributed by atoms with van der Waals surface area (Å²) in [5.74, 6) is 0.589. The van der Waals surface area contributed by atoms with Gasteiger partial charge in [-0.15, -0.1) is 0 Å². The highest BCUT2D eigenvalue weighted by Gasteiger charge is 2.38. The van der Waals surface area contributed by atoms with Crippen LogP contribution in [0.15, 0.2) is 10.9 Å². The minimum Gasteiger partial charge on any atom is -0.290 e. The first-order valence-electron chi connectivity index (χ1n) is 4.37. The summed E-state index contributed by atoms with van der Waals surface area (Å²) in [5.41, 5.74) is -1.10. The summed E-state index contributed by atoms with van der Waals surface area (Å²) in [4.78, 5) is 11.3. The molecule has 0 saturated heterocycles. The predicted molar refractivity (Wildman–Crippen MR) is 52.0 cm³/mol. The molecule has 0 unspecified atom stereocenters. The number of hydrogen-bond acceptors (Lipinski definition) is 2. The number of hydrogen-bond donors (Lipinski definition) is 0. The maximum atomic E-state index is 12.7. The Morgan fingerprint density at radius 2 is 2.13 bits per heavy atom. The first-order chi connectivity index (χ1) is 6.91. The Bertz CT molecular complexity index is 464. The van der Waals surface area contributed by atoms with Gasteiger partial charge in [0.05, 0.1) is 0 Å². The van der Waals surface area contributed by atoms with E-state index >= 15 is 0 Å². The molecule has 1 aliphatic heterocycles. The zero-order valence-electron chi connectivity index (χ0n) is 7.89. The van der Waals surface area contributed by atoms with Gasteiger partial charge < -0.3 is 0 Å². The van der Waals surface area contributed by atoms with Gasteiger partial charge in [0, 0.05) is 23.1 Å². The van der Waals surface area contributed by atoms with Gasteiger partial charge in [0.15, 0.2) is 5.43 Å². The molecule has 6 heteroatoms. The molecule has 2 nitrogen and oxygen atoms in total. The number of halogens is 3. The molecule has 0 aromatic carbocycles. The second-order valence-corrected chi connectivity index (χ2v) is 4.38. The third-order valence-corrected chi connectivity index (χ3v) is 3.40. The van der Waals surface area contributed by atoms with Gasteiger partial charge >= 0.3 is 6.18 Å². The van der Waals surface area contributed by atoms with Gasteiger partial charge in [0.25, 0.3) is 0 Å². The number of aromatic nitrogens is 1. The van der Waals surface area contributed by atoms with E-state index in [2.05, 4.69) is 0 Å². The van der Waals surface area contributed by atoms with Gasteiger partial charge in [0.1, 0.15) is 5.69 Å². The Labute approximate surface area is 88.2 Å². The Hall–Kier alpha value is -0.910. The van der Waals surface area contributed by atoms with Crippen molar-refractivity contribution in [1.29, 1.82) is 0 Å². The molecular weight excluding hydrogens is 227 g/mol. The molecule has 0 amide bonds. The van der Waals surface area contributed by atoms with Crippen LogP contribution in [-0.2, 0) is 12.6 Å². The van der Waals surface area contributed by atoms with E-state index in [4.69, 9.17) is 0 Å². The van der Waals surface area contributed by atoms with Gasteiger partial charge in [-0.2, -0.15) is 13.2 Å². The molecule has 0 atom stereocenters. The monoisotopic (exact) mass is 235 g/mol. The van der Waals surface area contributed by atoms with Crippen molar-refractivity contribution in [3.05, 3.63) is 33.2 Å². The normalized spacial score (nSPS) is 15.5. The average molecular weight is 235 g/mol. The molecule has 82 valence electrons. The van der Waals surface area contributed by atoms with Crippen molar-refractivity contribution >= 4 is 11.9 Å². The standard InChI is InChI=1S/C9H8F3NOS/c1-5-7(14)4-6-2-3-15-13(6)8(5)9(10,11)12/h4H,2-3H2,1H3. The van der Waals surface area contributed by atoms with Gasteiger partial charge in [0.2, 0.25) is 0 Å². The molecule has 0 saturated carbocycles. The Morgan fingerprint density at radius 3 is 2.73 bits per heavy atom. The molecule has 0 fully saturated rings. The number of fused-ring (bicyclic) bond motifs is 1. The summed E-state index contributed by atoms with van der Waals surface area (Å²) >= 11 is 1.10. The van der Waals surface area contributed by atoms with Gasteiger partial charge in [-0.1, -0.05) is 0 Å². The maximum absolute atomic E-state index is 12.7. The lowest BCUT2D eigenvalue weighted by atomic mass is 10.1. The molecule has 0 bridgehead atoms. The van der Waals surface area contributed by atoms with E-state index in [1.54, 1.807) is 0 Å². The molecule has 0 radical (unpaired) electrons. The second kappa shape index (κ2) is 3.30. The first kappa shape index (κ1) is 10.6. The van der Waals surface area contributed by atoms with Crippen LogP contribution in [-0.4, -0.2) is 9.73 Å². The quantitative estimate of drug-likeness (QED) is 0.688. The van der Waals surface area contributed by atoms with Crippen LogP contribution >= 0.6 is 11.9 Å². The van der Waals surface area contributed by atoms with E-state index < -0.39 is 17.3 Å². The van der Waals surface area contributed by atoms with Crippen LogP contribution in [0.5, 0.6) is 0 Å². The summed E-state index contributed by atoms with van der Waals surface area (Å²) in [6, 6.07) is 1.30. The Morgan fingerprint density at radius 1 is 1.47 bits per heavy atom. The molecule has 2 heterocycles. The third-order valence-electron chi connectivity index (χ3n) is 2.33. The van der Waals surface area contributed by atoms with Crippen LogP contribution in [0.25, 0.3) is 0 Å². The highest BCUT2D eigenvalue weighted by Crippen LogP contribution is 2.35. The topological polar surface area (TPSA) is 22.0 Å². The summed E-state index contributed by atoms with van der Waals surface area (Å²) < 4.78 is 39.3. The molecular formula is C9H8F3NOS. The van der Waals surface area contributed by atoms with E-state index in [0.717, 1.165) is 15.9 Å². The molecule has 0 spiro atoms. The Balaban J connectivity index is 2.77. The van der Waals surface area contributed by atoms with Crippen molar-refractivity contribution < 1.29 is 13.2 Å². The van der Waals surface area contributed by atoms with Crippen molar-refractivity contribution in [1.82, 2.24) is 3.97 Å². The Kier molecular flexibility index (Phi) is 2.33. The molecule has 0 N–H and O–H groups in total. The van der Waals surface area contributed by atoms with E-state index in [9.17, 15) is 18.0 Å². The van der Waals surface area contributed by atoms with Crippen molar-refractivity contribution in [2.75, 3.05) is 5.75 Å². The zero-order valence-corrected chi connectivity index (χ0v) is 8.71. The predicted octanol–water partition coefficient (Wildman–Crippen LogP) is 2.23. The SMILES string of the molecule is Cc1c(C(F)(F)F)n2c(cc1=O)CCS2. The molecule has 1 aromatic rings. The smallest absolute Gasteiger partial charge is 0.290 e. The second-order valence-electron chi connectivity index (χ2n) is 3.35. The number of rotatable bonds is 0. The van der Waals surface area contributed by atoms with Crippen LogP contribution in [0.1, 0.15) is 17.0 Å². The van der Waals surface area contributed by atoms with Gasteiger partial charge in [-0.05, 0) is 25.3 Å². The lowest BCUT2D eigenvalue weighted by Gasteiger charge is -2.15. The minimum absolute atomic E-state index is 0.222. The van der Waals surface area contributed by atoms with Crippen LogP contribution in [0.3, 0.4) is 0 Å². The fourth-order valence-corrected chi connectivity index (χ4v) is 2.78. The maximum Gasteiger partial charge on any atom is 0.432 e. The summed E-state index contributed by atoms with van der Waals surface area (Å²) in [6.07, 6.45) is -3.94. The van der Waals surface area contributed by atoms with Crippen LogP contribution in [0.2, 0.25) is 0 Å². The summed E-state index contributed by atoms with van der Waals surface area (Å²) in [7, 11) is 0. The highest BCUT2D eigenvalue weighted by molar-refractivity contribution is 7.98. The molecule has 15 heavy (non-hydrogen) atoms. The molecule has 1 aliphatic rings. The lowest BCUT2D eigenvalue weighted by molar-refractivity contribution is -0.142. The largest absolute Gasteiger partial charge is 0.432 e. The summed E-state index contributed by atoms with van der Waals surface area (Å²) in [5, 5.41) is 0. The van der Waals surface area contributed by atoms with Crippen LogP contribution in [0, 0.1) is 6.92 Å². The minimum atomic E-state index is -4.46. The number of nitrogens with zero attached hydrogens (tertiary/aromatic N) is 1. The van der Waals surface area contributed by atoms with E-state index in [1.807, 2.05) is 0 Å². The number of alkyl halides is 3. The fourth-order valence-electron chi connectivity index (χ4n) is 1.62. The average Bonchev–Trinajstić information content (AvgIpc) is 2.50. The first-order valence-corrected chi connectivity index (χ1v) is 5.31. The van der Waals surface area contributed by atoms with Gasteiger partial charge in [-0.25, -0.2) is 0 Å². The van der Waals surface area contributed by atoms with E-state index in [0.29, 0.717) is 17.9 Å². The number of pyridine rings is 1. The van der Waals surface area contributed by atoms with Crippen LogP contribution < -0.4 is 5.43 Å². The lowest BCUT2D eigenvalue weighted by Crippen LogP contribution is -2.22. The van der Waals surface area contributed by atoms with Crippen LogP contribution in [0.4, 0.5) is 13.2 Å². The van der Waals surface area contributed by atoms with Crippen molar-refractivity contribution in [2.24, 2.45) is 0 Å². The third kappa shape index (κ3) is 1.67. The van der Waals surface area contributed by atoms with Crippen molar-refractivity contribution in [3.8, 4) is 0 Å². The van der Waals surface area contributed by atoms with Crippen molar-refractivity contribution in [2.45, 2.75) is 19.5 Å². The van der Waals surface area contributed by atoms with Gasteiger partial charge in [-0.3, -0.25) is 8.77 Å².